The largest absolute Gasteiger partial charge is 0.405 e. The maximum absolute atomic E-state index is 5.52. The molecular weight excluding hydrogens is 490 g/mol. The predicted octanol–water partition coefficient (Wildman–Crippen LogP) is 7.54. The molecule has 1 aliphatic carbocycles. The van der Waals surface area contributed by atoms with Gasteiger partial charge in [-0.2, -0.15) is 10.2 Å². The van der Waals surface area contributed by atoms with Crippen molar-refractivity contribution in [2.75, 3.05) is 0 Å². The van der Waals surface area contributed by atoms with Crippen LogP contribution in [0.15, 0.2) is 127 Å². The normalized spacial score (nSPS) is 13.8. The molecule has 0 spiro atoms. The van der Waals surface area contributed by atoms with Gasteiger partial charge in [-0.25, -0.2) is 0 Å². The molecule has 0 saturated heterocycles. The van der Waals surface area contributed by atoms with E-state index in [0.29, 0.717) is 0 Å². The summed E-state index contributed by atoms with van der Waals surface area (Å²) in [5.41, 5.74) is 17.3. The Kier molecular flexibility index (Phi) is 5.94. The quantitative estimate of drug-likeness (QED) is 0.262. The Morgan fingerprint density at radius 1 is 0.700 bits per heavy atom. The number of hydrogen-bond acceptors (Lipinski definition) is 5. The molecule has 5 heteroatoms. The predicted molar refractivity (Wildman–Crippen MR) is 163 cm³/mol. The fourth-order valence-electron chi connectivity index (χ4n) is 5.37. The van der Waals surface area contributed by atoms with E-state index in [2.05, 4.69) is 89.1 Å². The molecule has 3 heterocycles. The van der Waals surface area contributed by atoms with E-state index in [0.717, 1.165) is 72.9 Å². The molecule has 0 radical (unpaired) electrons. The molecule has 3 aromatic carbocycles. The number of pyridine rings is 2. The first kappa shape index (κ1) is 23.7. The summed E-state index contributed by atoms with van der Waals surface area (Å²) in [7, 11) is 0. The average molecular weight is 516 g/mol. The van der Waals surface area contributed by atoms with Crippen LogP contribution in [0.1, 0.15) is 11.3 Å². The molecular formula is C35H25N5. The first-order chi connectivity index (χ1) is 19.8. The van der Waals surface area contributed by atoms with Crippen LogP contribution in [0.5, 0.6) is 0 Å². The SMILES string of the molecule is N/C=C\C=C1\C=Cc2cc(-c3ccc(-c4ccc5ccnnc5c4)cc3-c3cccc4cccnc34)cnc2C1. The van der Waals surface area contributed by atoms with Crippen LogP contribution in [0.3, 0.4) is 0 Å². The Balaban J connectivity index is 1.40. The van der Waals surface area contributed by atoms with Crippen molar-refractivity contribution in [3.8, 4) is 33.4 Å². The Bertz CT molecular complexity index is 2000. The van der Waals surface area contributed by atoms with Crippen LogP contribution in [0.4, 0.5) is 0 Å². The lowest BCUT2D eigenvalue weighted by Gasteiger charge is -2.17. The van der Waals surface area contributed by atoms with Crippen molar-refractivity contribution in [1.29, 1.82) is 0 Å². The monoisotopic (exact) mass is 515 g/mol. The van der Waals surface area contributed by atoms with E-state index >= 15 is 0 Å². The van der Waals surface area contributed by atoms with E-state index in [1.165, 1.54) is 5.57 Å². The van der Waals surface area contributed by atoms with Gasteiger partial charge in [0.25, 0.3) is 0 Å². The van der Waals surface area contributed by atoms with Gasteiger partial charge in [-0.1, -0.05) is 66.8 Å². The molecule has 0 amide bonds. The Labute approximate surface area is 232 Å². The summed E-state index contributed by atoms with van der Waals surface area (Å²) in [4.78, 5) is 9.66. The Morgan fingerprint density at radius 3 is 2.55 bits per heavy atom. The summed E-state index contributed by atoms with van der Waals surface area (Å²) in [6.45, 7) is 0. The molecule has 0 bridgehead atoms. The summed E-state index contributed by atoms with van der Waals surface area (Å²) in [6.07, 6.45) is 16.0. The summed E-state index contributed by atoms with van der Waals surface area (Å²) >= 11 is 0. The Hall–Kier alpha value is -5.42. The van der Waals surface area contributed by atoms with Gasteiger partial charge < -0.3 is 5.73 Å². The molecule has 40 heavy (non-hydrogen) atoms. The average Bonchev–Trinajstić information content (AvgIpc) is 3.02. The minimum atomic E-state index is 0.778. The third kappa shape index (κ3) is 4.33. The van der Waals surface area contributed by atoms with Gasteiger partial charge >= 0.3 is 0 Å². The van der Waals surface area contributed by atoms with Crippen molar-refractivity contribution < 1.29 is 0 Å². The van der Waals surface area contributed by atoms with E-state index in [4.69, 9.17) is 15.7 Å². The van der Waals surface area contributed by atoms with Crippen LogP contribution >= 0.6 is 0 Å². The van der Waals surface area contributed by atoms with Crippen molar-refractivity contribution in [3.05, 3.63) is 139 Å². The lowest BCUT2D eigenvalue weighted by molar-refractivity contribution is 1.06. The second-order valence-electron chi connectivity index (χ2n) is 9.84. The lowest BCUT2D eigenvalue weighted by atomic mass is 9.89. The van der Waals surface area contributed by atoms with Crippen molar-refractivity contribution in [2.45, 2.75) is 6.42 Å². The molecule has 0 unspecified atom stereocenters. The molecule has 0 atom stereocenters. The fraction of sp³-hybridized carbons (Fsp3) is 0.0286. The van der Waals surface area contributed by atoms with Gasteiger partial charge in [0.2, 0.25) is 0 Å². The van der Waals surface area contributed by atoms with Crippen molar-refractivity contribution in [2.24, 2.45) is 5.73 Å². The van der Waals surface area contributed by atoms with Gasteiger partial charge in [-0.3, -0.25) is 9.97 Å². The maximum atomic E-state index is 5.52. The highest BCUT2D eigenvalue weighted by Crippen LogP contribution is 2.39. The van der Waals surface area contributed by atoms with Gasteiger partial charge in [0, 0.05) is 40.7 Å². The second kappa shape index (κ2) is 10.0. The molecule has 0 saturated carbocycles. The molecule has 6 aromatic rings. The molecule has 1 aliphatic rings. The zero-order valence-electron chi connectivity index (χ0n) is 21.7. The summed E-state index contributed by atoms with van der Waals surface area (Å²) < 4.78 is 0. The fourth-order valence-corrected chi connectivity index (χ4v) is 5.37. The van der Waals surface area contributed by atoms with E-state index in [1.54, 1.807) is 12.4 Å². The minimum absolute atomic E-state index is 0.778. The summed E-state index contributed by atoms with van der Waals surface area (Å²) in [5, 5.41) is 10.6. The van der Waals surface area contributed by atoms with Crippen LogP contribution in [0.2, 0.25) is 0 Å². The molecule has 7 rings (SSSR count). The van der Waals surface area contributed by atoms with Crippen molar-refractivity contribution in [3.63, 3.8) is 0 Å². The van der Waals surface area contributed by atoms with Crippen LogP contribution in [-0.2, 0) is 6.42 Å². The van der Waals surface area contributed by atoms with Gasteiger partial charge in [-0.05, 0) is 76.0 Å². The van der Waals surface area contributed by atoms with E-state index in [1.807, 2.05) is 36.7 Å². The number of aromatic nitrogens is 4. The smallest absolute Gasteiger partial charge is 0.0935 e. The molecule has 0 fully saturated rings. The van der Waals surface area contributed by atoms with Crippen LogP contribution < -0.4 is 5.73 Å². The number of nitrogens with zero attached hydrogens (tertiary/aromatic N) is 4. The van der Waals surface area contributed by atoms with E-state index in [-0.39, 0.29) is 0 Å². The third-order valence-electron chi connectivity index (χ3n) is 7.38. The number of benzene rings is 3. The third-order valence-corrected chi connectivity index (χ3v) is 7.38. The number of nitrogens with two attached hydrogens (primary N) is 1. The van der Waals surface area contributed by atoms with Gasteiger partial charge in [0.1, 0.15) is 0 Å². The first-order valence-electron chi connectivity index (χ1n) is 13.2. The number of rotatable bonds is 4. The summed E-state index contributed by atoms with van der Waals surface area (Å²) in [5.74, 6) is 0. The highest BCUT2D eigenvalue weighted by molar-refractivity contribution is 5.99. The first-order valence-corrected chi connectivity index (χ1v) is 13.2. The molecule has 2 N–H and O–H groups in total. The van der Waals surface area contributed by atoms with Crippen LogP contribution in [0.25, 0.3) is 61.3 Å². The maximum Gasteiger partial charge on any atom is 0.0935 e. The zero-order chi connectivity index (χ0) is 26.9. The number of para-hydroxylation sites is 1. The Morgan fingerprint density at radius 2 is 1.60 bits per heavy atom. The van der Waals surface area contributed by atoms with E-state index in [9.17, 15) is 0 Å². The second-order valence-corrected chi connectivity index (χ2v) is 9.84. The topological polar surface area (TPSA) is 77.6 Å². The van der Waals surface area contributed by atoms with Gasteiger partial charge in [0.15, 0.2) is 0 Å². The highest BCUT2D eigenvalue weighted by Gasteiger charge is 2.16. The van der Waals surface area contributed by atoms with Crippen LogP contribution in [0, 0.1) is 0 Å². The molecule has 190 valence electrons. The summed E-state index contributed by atoms with van der Waals surface area (Å²) in [6, 6.07) is 27.6. The standard InChI is InChI=1S/C35H25N5/c36-15-2-4-23-8-9-28-19-29(22-38-33(28)18-23)30-13-12-26(27-11-10-24-14-17-39-40-34(24)21-27)20-32(30)31-7-1-5-25-6-3-16-37-35(25)31/h1-17,19-22H,18,36H2/b15-2-,23-4-. The van der Waals surface area contributed by atoms with Gasteiger partial charge in [0.05, 0.1) is 22.9 Å². The van der Waals surface area contributed by atoms with Crippen molar-refractivity contribution in [1.82, 2.24) is 20.2 Å². The number of allylic oxidation sites excluding steroid dienone is 4. The minimum Gasteiger partial charge on any atom is -0.405 e. The lowest BCUT2D eigenvalue weighted by Crippen LogP contribution is -2.01. The van der Waals surface area contributed by atoms with E-state index < -0.39 is 0 Å². The highest BCUT2D eigenvalue weighted by atomic mass is 15.1. The number of hydrogen-bond donors (Lipinski definition) is 1. The van der Waals surface area contributed by atoms with Crippen molar-refractivity contribution >= 4 is 27.9 Å². The molecule has 3 aromatic heterocycles. The molecule has 5 nitrogen and oxygen atoms in total. The zero-order valence-corrected chi connectivity index (χ0v) is 21.7. The van der Waals surface area contributed by atoms with Gasteiger partial charge in [-0.15, -0.1) is 0 Å². The number of fused-ring (bicyclic) bond motifs is 3. The van der Waals surface area contributed by atoms with Crippen LogP contribution in [-0.4, -0.2) is 20.2 Å². The molecule has 0 aliphatic heterocycles.